The Kier molecular flexibility index (Phi) is 3.55. The van der Waals surface area contributed by atoms with Gasteiger partial charge in [0.25, 0.3) is 0 Å². The molecule has 4 nitrogen and oxygen atoms in total. The number of aromatic nitrogens is 3. The summed E-state index contributed by atoms with van der Waals surface area (Å²) >= 11 is 0. The molecule has 2 aromatic rings. The fraction of sp³-hybridized carbons (Fsp3) is 0.357. The summed E-state index contributed by atoms with van der Waals surface area (Å²) in [6, 6.07) is 4.16. The molecule has 2 heterocycles. The first kappa shape index (κ1) is 12.5. The second-order valence-corrected chi connectivity index (χ2v) is 3.98. The molecule has 0 saturated carbocycles. The first-order valence-electron chi connectivity index (χ1n) is 6.29. The lowest BCUT2D eigenvalue weighted by atomic mass is 10.1. The molecule has 94 valence electrons. The van der Waals surface area contributed by atoms with Crippen molar-refractivity contribution in [3.05, 3.63) is 35.4 Å². The van der Waals surface area contributed by atoms with Crippen molar-refractivity contribution in [2.45, 2.75) is 34.1 Å². The van der Waals surface area contributed by atoms with Crippen molar-refractivity contribution in [2.75, 3.05) is 0 Å². The predicted molar refractivity (Wildman–Crippen MR) is 74.0 cm³/mol. The van der Waals surface area contributed by atoms with E-state index in [1.807, 2.05) is 31.7 Å². The van der Waals surface area contributed by atoms with Gasteiger partial charge in [-0.3, -0.25) is 4.99 Å². The van der Waals surface area contributed by atoms with Crippen LogP contribution in [0.4, 0.5) is 5.69 Å². The maximum atomic E-state index is 4.41. The highest BCUT2D eigenvalue weighted by atomic mass is 15.3. The highest BCUT2D eigenvalue weighted by molar-refractivity contribution is 5.80. The summed E-state index contributed by atoms with van der Waals surface area (Å²) in [6.07, 6.45) is 4.58. The van der Waals surface area contributed by atoms with Crippen molar-refractivity contribution in [2.24, 2.45) is 4.99 Å². The lowest BCUT2D eigenvalue weighted by molar-refractivity contribution is 0.854. The molecule has 0 N–H and O–H groups in total. The van der Waals surface area contributed by atoms with Crippen LogP contribution in [0.2, 0.25) is 0 Å². The standard InChI is InChI=1S/C12H12N4.C2H6/c1-8-3-4-11(10-5-6-13-12(8)10)16-7-14-9(2)15-16;1-2/h3-4,6-7H,5H2,1-2H3;1-2H3. The van der Waals surface area contributed by atoms with Crippen LogP contribution < -0.4 is 0 Å². The fourth-order valence-electron chi connectivity index (χ4n) is 2.03. The largest absolute Gasteiger partial charge is 0.260 e. The molecule has 1 aromatic heterocycles. The van der Waals surface area contributed by atoms with Gasteiger partial charge in [-0.2, -0.15) is 5.10 Å². The first-order chi connectivity index (χ1) is 8.75. The topological polar surface area (TPSA) is 43.1 Å². The second kappa shape index (κ2) is 5.12. The van der Waals surface area contributed by atoms with Gasteiger partial charge < -0.3 is 0 Å². The summed E-state index contributed by atoms with van der Waals surface area (Å²) in [5, 5.41) is 4.34. The highest BCUT2D eigenvalue weighted by Gasteiger charge is 2.15. The lowest BCUT2D eigenvalue weighted by Crippen LogP contribution is -2.00. The quantitative estimate of drug-likeness (QED) is 0.771. The van der Waals surface area contributed by atoms with E-state index >= 15 is 0 Å². The average molecular weight is 242 g/mol. The van der Waals surface area contributed by atoms with Crippen LogP contribution in [-0.4, -0.2) is 21.0 Å². The van der Waals surface area contributed by atoms with Gasteiger partial charge in [0.2, 0.25) is 0 Å². The molecule has 0 fully saturated rings. The Morgan fingerprint density at radius 1 is 1.17 bits per heavy atom. The van der Waals surface area contributed by atoms with Crippen LogP contribution in [0.25, 0.3) is 5.69 Å². The normalized spacial score (nSPS) is 12.0. The fourth-order valence-corrected chi connectivity index (χ4v) is 2.03. The molecule has 3 rings (SSSR count). The number of aliphatic imine (C=N–C) groups is 1. The molecular weight excluding hydrogens is 224 g/mol. The summed E-state index contributed by atoms with van der Waals surface area (Å²) < 4.78 is 1.82. The summed E-state index contributed by atoms with van der Waals surface area (Å²) in [6.45, 7) is 7.97. The predicted octanol–water partition coefficient (Wildman–Crippen LogP) is 3.17. The zero-order valence-electron chi connectivity index (χ0n) is 11.3. The third kappa shape index (κ3) is 2.06. The van der Waals surface area contributed by atoms with Crippen LogP contribution in [0.5, 0.6) is 0 Å². The first-order valence-corrected chi connectivity index (χ1v) is 6.29. The van der Waals surface area contributed by atoms with Crippen molar-refractivity contribution in [3.63, 3.8) is 0 Å². The summed E-state index contributed by atoms with van der Waals surface area (Å²) in [5.41, 5.74) is 4.62. The lowest BCUT2D eigenvalue weighted by Gasteiger charge is -2.08. The van der Waals surface area contributed by atoms with Gasteiger partial charge in [0.05, 0.1) is 11.4 Å². The molecule has 1 aromatic carbocycles. The molecule has 0 atom stereocenters. The Hall–Kier alpha value is -1.97. The number of nitrogens with zero attached hydrogens (tertiary/aromatic N) is 4. The van der Waals surface area contributed by atoms with Crippen LogP contribution in [0.1, 0.15) is 30.8 Å². The molecule has 0 amide bonds. The minimum Gasteiger partial charge on any atom is -0.260 e. The van der Waals surface area contributed by atoms with Gasteiger partial charge in [0.15, 0.2) is 0 Å². The van der Waals surface area contributed by atoms with E-state index in [-0.39, 0.29) is 0 Å². The monoisotopic (exact) mass is 242 g/mol. The zero-order chi connectivity index (χ0) is 13.1. The Bertz CT molecular complexity index is 581. The van der Waals surface area contributed by atoms with Crippen LogP contribution in [0.15, 0.2) is 23.5 Å². The summed E-state index contributed by atoms with van der Waals surface area (Å²) in [7, 11) is 0. The third-order valence-corrected chi connectivity index (χ3v) is 2.83. The smallest absolute Gasteiger partial charge is 0.147 e. The van der Waals surface area contributed by atoms with Gasteiger partial charge in [0, 0.05) is 18.2 Å². The van der Waals surface area contributed by atoms with Gasteiger partial charge in [0.1, 0.15) is 12.2 Å². The maximum Gasteiger partial charge on any atom is 0.147 e. The van der Waals surface area contributed by atoms with Crippen molar-refractivity contribution < 1.29 is 0 Å². The van der Waals surface area contributed by atoms with Crippen molar-refractivity contribution >= 4 is 11.9 Å². The van der Waals surface area contributed by atoms with E-state index < -0.39 is 0 Å². The number of aryl methyl sites for hydroxylation is 2. The SMILES string of the molecule is CC.Cc1ncn(-c2ccc(C)c3c2CC=N3)n1. The molecule has 18 heavy (non-hydrogen) atoms. The molecule has 0 bridgehead atoms. The van der Waals surface area contributed by atoms with E-state index in [0.29, 0.717) is 0 Å². The number of rotatable bonds is 1. The molecule has 0 radical (unpaired) electrons. The van der Waals surface area contributed by atoms with Crippen molar-refractivity contribution in [1.29, 1.82) is 0 Å². The maximum absolute atomic E-state index is 4.41. The van der Waals surface area contributed by atoms with E-state index in [9.17, 15) is 0 Å². The number of hydrogen-bond donors (Lipinski definition) is 0. The Balaban J connectivity index is 0.000000574. The van der Waals surface area contributed by atoms with E-state index in [4.69, 9.17) is 0 Å². The molecule has 0 unspecified atom stereocenters. The second-order valence-electron chi connectivity index (χ2n) is 3.98. The molecule has 4 heteroatoms. The van der Waals surface area contributed by atoms with Crippen molar-refractivity contribution in [3.8, 4) is 5.69 Å². The van der Waals surface area contributed by atoms with Crippen molar-refractivity contribution in [1.82, 2.24) is 14.8 Å². The van der Waals surface area contributed by atoms with E-state index in [2.05, 4.69) is 34.1 Å². The number of benzene rings is 1. The zero-order valence-corrected chi connectivity index (χ0v) is 11.3. The van der Waals surface area contributed by atoms with Crippen LogP contribution in [0.3, 0.4) is 0 Å². The van der Waals surface area contributed by atoms with Gasteiger partial charge in [-0.15, -0.1) is 0 Å². The Morgan fingerprint density at radius 3 is 2.61 bits per heavy atom. The van der Waals surface area contributed by atoms with Gasteiger partial charge >= 0.3 is 0 Å². The minimum absolute atomic E-state index is 0.785. The van der Waals surface area contributed by atoms with Gasteiger partial charge in [-0.1, -0.05) is 19.9 Å². The van der Waals surface area contributed by atoms with E-state index in [0.717, 1.165) is 23.6 Å². The molecule has 0 spiro atoms. The average Bonchev–Trinajstić information content (AvgIpc) is 3.02. The molecular formula is C14H18N4. The third-order valence-electron chi connectivity index (χ3n) is 2.83. The molecule has 1 aliphatic heterocycles. The Labute approximate surface area is 107 Å². The van der Waals surface area contributed by atoms with Crippen LogP contribution in [0, 0.1) is 13.8 Å². The summed E-state index contributed by atoms with van der Waals surface area (Å²) in [4.78, 5) is 8.56. The number of hydrogen-bond acceptors (Lipinski definition) is 3. The number of fused-ring (bicyclic) bond motifs is 1. The van der Waals surface area contributed by atoms with Gasteiger partial charge in [-0.25, -0.2) is 9.67 Å². The molecule has 0 saturated heterocycles. The van der Waals surface area contributed by atoms with Crippen LogP contribution >= 0.6 is 0 Å². The molecule has 0 aliphatic carbocycles. The van der Waals surface area contributed by atoms with E-state index in [1.54, 1.807) is 6.33 Å². The van der Waals surface area contributed by atoms with Gasteiger partial charge in [-0.05, 0) is 25.5 Å². The molecule has 1 aliphatic rings. The summed E-state index contributed by atoms with van der Waals surface area (Å²) in [5.74, 6) is 0.785. The van der Waals surface area contributed by atoms with Crippen LogP contribution in [-0.2, 0) is 6.42 Å². The highest BCUT2D eigenvalue weighted by Crippen LogP contribution is 2.32. The minimum atomic E-state index is 0.785. The van der Waals surface area contributed by atoms with E-state index in [1.165, 1.54) is 11.1 Å². The Morgan fingerprint density at radius 2 is 1.94 bits per heavy atom.